The number of amides is 5. The number of rotatable bonds is 11. The van der Waals surface area contributed by atoms with E-state index in [2.05, 4.69) is 25.1 Å². The summed E-state index contributed by atoms with van der Waals surface area (Å²) in [6, 6.07) is 12.3. The lowest BCUT2D eigenvalue weighted by molar-refractivity contribution is -0.286. The Morgan fingerprint density at radius 1 is 1.02 bits per heavy atom. The maximum Gasteiger partial charge on any atom is 0.586 e. The summed E-state index contributed by atoms with van der Waals surface area (Å²) in [7, 11) is 1.34. The highest BCUT2D eigenvalue weighted by Crippen LogP contribution is 2.44. The third-order valence-corrected chi connectivity index (χ3v) is 9.75. The lowest BCUT2D eigenvalue weighted by Crippen LogP contribution is -2.54. The second kappa shape index (κ2) is 13.8. The molecule has 15 heteroatoms. The molecule has 5 amide bonds. The molecule has 1 saturated heterocycles. The number of anilines is 1. The zero-order valence-electron chi connectivity index (χ0n) is 28.8. The number of unbranched alkanes of at least 4 members (excludes halogenated alkanes) is 2. The minimum atomic E-state index is -3.83. The van der Waals surface area contributed by atoms with Gasteiger partial charge in [0, 0.05) is 49.3 Å². The molecule has 1 aromatic heterocycles. The van der Waals surface area contributed by atoms with Crippen molar-refractivity contribution in [2.75, 3.05) is 18.9 Å². The van der Waals surface area contributed by atoms with Crippen molar-refractivity contribution in [3.05, 3.63) is 88.6 Å². The first-order valence-electron chi connectivity index (χ1n) is 17.2. The van der Waals surface area contributed by atoms with Gasteiger partial charge in [-0.1, -0.05) is 24.6 Å². The molecule has 1 fully saturated rings. The Balaban J connectivity index is 0.988. The molecule has 3 aliphatic heterocycles. The number of halogens is 2. The second-order valence-electron chi connectivity index (χ2n) is 13.2. The van der Waals surface area contributed by atoms with Gasteiger partial charge in [-0.3, -0.25) is 38.8 Å². The summed E-state index contributed by atoms with van der Waals surface area (Å²) >= 11 is 0. The molecule has 2 atom stereocenters. The van der Waals surface area contributed by atoms with Crippen LogP contribution in [0.15, 0.2) is 60.8 Å². The Morgan fingerprint density at radius 3 is 2.62 bits per heavy atom. The molecule has 0 spiro atoms. The van der Waals surface area contributed by atoms with Crippen LogP contribution in [0.3, 0.4) is 0 Å². The summed E-state index contributed by atoms with van der Waals surface area (Å²) in [5.74, 6) is -3.00. The second-order valence-corrected chi connectivity index (χ2v) is 13.2. The molecule has 7 rings (SSSR count). The molecule has 0 aliphatic carbocycles. The Labute approximate surface area is 301 Å². The van der Waals surface area contributed by atoms with E-state index in [1.807, 2.05) is 13.0 Å². The predicted octanol–water partition coefficient (Wildman–Crippen LogP) is 5.19. The topological polar surface area (TPSA) is 167 Å². The Morgan fingerprint density at radius 2 is 1.81 bits per heavy atom. The van der Waals surface area contributed by atoms with Crippen molar-refractivity contribution in [2.24, 2.45) is 0 Å². The molecule has 53 heavy (non-hydrogen) atoms. The summed E-state index contributed by atoms with van der Waals surface area (Å²) in [5, 5.41) is 18.2. The van der Waals surface area contributed by atoms with Crippen LogP contribution >= 0.6 is 0 Å². The highest BCUT2D eigenvalue weighted by Gasteiger charge is 2.47. The average Bonchev–Trinajstić information content (AvgIpc) is 3.59. The summed E-state index contributed by atoms with van der Waals surface area (Å²) in [6.07, 6.45) is -0.370. The van der Waals surface area contributed by atoms with Crippen molar-refractivity contribution < 1.29 is 47.3 Å². The van der Waals surface area contributed by atoms with Crippen molar-refractivity contribution in [1.29, 1.82) is 0 Å². The summed E-state index contributed by atoms with van der Waals surface area (Å²) in [6.45, 7) is 2.26. The number of nitrogens with one attached hydrogen (secondary N) is 2. The third kappa shape index (κ3) is 6.58. The van der Waals surface area contributed by atoms with Crippen molar-refractivity contribution >= 4 is 46.1 Å². The van der Waals surface area contributed by atoms with Gasteiger partial charge < -0.3 is 25.2 Å². The number of hydrogen-bond acceptors (Lipinski definition) is 10. The number of nitrogens with zero attached hydrogens (tertiary/aromatic N) is 3. The number of piperidine rings is 1. The van der Waals surface area contributed by atoms with Gasteiger partial charge in [-0.25, -0.2) is 0 Å². The number of benzene rings is 3. The molecule has 3 N–H and O–H groups in total. The number of carbonyl (C=O) groups is 5. The predicted molar refractivity (Wildman–Crippen MR) is 185 cm³/mol. The Bertz CT molecular complexity index is 2190. The van der Waals surface area contributed by atoms with Crippen molar-refractivity contribution in [1.82, 2.24) is 20.1 Å². The largest absolute Gasteiger partial charge is 0.586 e. The zero-order chi connectivity index (χ0) is 37.6. The van der Waals surface area contributed by atoms with Gasteiger partial charge in [0.2, 0.25) is 11.8 Å². The fourth-order valence-corrected chi connectivity index (χ4v) is 7.05. The first kappa shape index (κ1) is 35.3. The zero-order valence-corrected chi connectivity index (χ0v) is 28.8. The van der Waals surface area contributed by atoms with Gasteiger partial charge in [0.25, 0.3) is 17.7 Å². The van der Waals surface area contributed by atoms with Crippen LogP contribution < -0.4 is 20.1 Å². The minimum absolute atomic E-state index is 0.0487. The van der Waals surface area contributed by atoms with E-state index in [4.69, 9.17) is 0 Å². The fraction of sp³-hybridized carbons (Fsp3) is 0.316. The van der Waals surface area contributed by atoms with Crippen LogP contribution in [0, 0.1) is 6.92 Å². The number of aryl methyl sites for hydroxylation is 1. The first-order valence-corrected chi connectivity index (χ1v) is 17.2. The normalized spacial score (nSPS) is 18.1. The molecule has 0 radical (unpaired) electrons. The van der Waals surface area contributed by atoms with Crippen molar-refractivity contribution in [3.8, 4) is 17.2 Å². The van der Waals surface area contributed by atoms with Gasteiger partial charge in [0.05, 0.1) is 17.2 Å². The summed E-state index contributed by atoms with van der Waals surface area (Å²) < 4.78 is 36.8. The molecule has 3 aromatic carbocycles. The van der Waals surface area contributed by atoms with Crippen molar-refractivity contribution in [3.63, 3.8) is 0 Å². The third-order valence-electron chi connectivity index (χ3n) is 9.75. The van der Waals surface area contributed by atoms with E-state index in [1.165, 1.54) is 37.5 Å². The number of ether oxygens (including phenoxy) is 2. The van der Waals surface area contributed by atoms with Crippen molar-refractivity contribution in [2.45, 2.75) is 63.8 Å². The van der Waals surface area contributed by atoms with E-state index < -0.39 is 36.1 Å². The quantitative estimate of drug-likeness (QED) is 0.138. The number of aromatic hydroxyl groups is 1. The van der Waals surface area contributed by atoms with Crippen LogP contribution in [-0.2, 0) is 14.4 Å². The van der Waals surface area contributed by atoms with E-state index in [9.17, 15) is 37.9 Å². The molecule has 2 unspecified atom stereocenters. The van der Waals surface area contributed by atoms with Crippen LogP contribution in [0.4, 0.5) is 14.5 Å². The van der Waals surface area contributed by atoms with Gasteiger partial charge >= 0.3 is 6.29 Å². The number of carbonyl (C=O) groups excluding carboxylic acids is 5. The van der Waals surface area contributed by atoms with E-state index in [-0.39, 0.29) is 59.5 Å². The molecule has 3 aliphatic rings. The number of pyridine rings is 1. The number of likely N-dealkylation sites (N-methyl/N-ethyl adjacent to an activating group) is 1. The maximum atomic E-state index is 13.8. The van der Waals surface area contributed by atoms with E-state index >= 15 is 0 Å². The van der Waals surface area contributed by atoms with Gasteiger partial charge in [-0.15, -0.1) is 8.78 Å². The number of phenolic OH excluding ortho intramolecular Hbond substituents is 1. The number of alkyl halides is 2. The molecule has 4 aromatic rings. The molecular weight excluding hydrogens is 692 g/mol. The number of likely N-dealkylation sites (tertiary alicyclic amines) is 1. The molecule has 13 nitrogen and oxygen atoms in total. The standard InChI is InChI=1S/C38H35F2N5O8/c1-20-18-24(34(48)33-22(20)9-7-17-42-33)32(21-12-14-27-28(19-21)53-38(39,40)52-27)43-29(46)11-4-3-5-16-41-25-10-6-8-23-31(25)37(51)45(35(23)49)26-13-15-30(47)44(2)36(26)50/h6-10,12,14,17-19,26,32,41,48H,3-5,11,13,15-16H2,1-2H3,(H,43,46). The highest BCUT2D eigenvalue weighted by atomic mass is 19.3. The van der Waals surface area contributed by atoms with E-state index in [0.717, 1.165) is 20.7 Å². The van der Waals surface area contributed by atoms with Crippen LogP contribution in [-0.4, -0.2) is 75.4 Å². The summed E-state index contributed by atoms with van der Waals surface area (Å²) in [5.41, 5.74) is 2.61. The van der Waals surface area contributed by atoms with Crippen LogP contribution in [0.5, 0.6) is 17.2 Å². The SMILES string of the molecule is Cc1cc(C(NC(=O)CCCCCNc2cccc3c2C(=O)N(C2CCC(=O)N(C)C2=O)C3=O)c2ccc3c(c2)OC(F)(F)O3)c(O)c2ncccc12. The minimum Gasteiger partial charge on any atom is -0.505 e. The number of hydrogen-bond donors (Lipinski definition) is 3. The highest BCUT2D eigenvalue weighted by molar-refractivity contribution is 6.25. The number of fused-ring (bicyclic) bond motifs is 3. The molecule has 0 saturated carbocycles. The smallest absolute Gasteiger partial charge is 0.505 e. The van der Waals surface area contributed by atoms with Crippen LogP contribution in [0.1, 0.15) is 82.0 Å². The Kier molecular flexibility index (Phi) is 9.18. The Hall–Kier alpha value is -6.12. The average molecular weight is 728 g/mol. The van der Waals surface area contributed by atoms with Crippen LogP contribution in [0.25, 0.3) is 10.9 Å². The lowest BCUT2D eigenvalue weighted by Gasteiger charge is -2.32. The summed E-state index contributed by atoms with van der Waals surface area (Å²) in [4.78, 5) is 71.0. The van der Waals surface area contributed by atoms with E-state index in [0.29, 0.717) is 48.1 Å². The molecular formula is C38H35F2N5O8. The van der Waals surface area contributed by atoms with Crippen LogP contribution in [0.2, 0.25) is 0 Å². The lowest BCUT2D eigenvalue weighted by atomic mass is 9.93. The maximum absolute atomic E-state index is 13.8. The monoisotopic (exact) mass is 727 g/mol. The van der Waals surface area contributed by atoms with Gasteiger partial charge in [-0.2, -0.15) is 0 Å². The van der Waals surface area contributed by atoms with E-state index in [1.54, 1.807) is 24.3 Å². The number of imide groups is 2. The van der Waals surface area contributed by atoms with Gasteiger partial charge in [-0.05, 0) is 73.7 Å². The van der Waals surface area contributed by atoms with Gasteiger partial charge in [0.1, 0.15) is 17.3 Å². The number of phenols is 1. The fourth-order valence-electron chi connectivity index (χ4n) is 7.05. The molecule has 4 heterocycles. The number of aromatic nitrogens is 1. The molecule has 0 bridgehead atoms. The first-order chi connectivity index (χ1) is 25.3. The molecule has 274 valence electrons. The van der Waals surface area contributed by atoms with Gasteiger partial charge in [0.15, 0.2) is 11.5 Å².